The largest absolute Gasteiger partial charge is 0.325 e. The van der Waals surface area contributed by atoms with Crippen LogP contribution in [0.2, 0.25) is 0 Å². The Kier molecular flexibility index (Phi) is 5.65. The zero-order valence-corrected chi connectivity index (χ0v) is 18.0. The number of nitrogens with one attached hydrogen (secondary N) is 2. The van der Waals surface area contributed by atoms with E-state index in [-0.39, 0.29) is 11.5 Å². The van der Waals surface area contributed by atoms with Gasteiger partial charge in [0.2, 0.25) is 5.91 Å². The van der Waals surface area contributed by atoms with Crippen LogP contribution >= 0.6 is 0 Å². The van der Waals surface area contributed by atoms with Crippen molar-refractivity contribution in [3.63, 3.8) is 0 Å². The summed E-state index contributed by atoms with van der Waals surface area (Å²) in [6, 6.07) is 5.51. The normalized spacial score (nSPS) is 14.2. The quantitative estimate of drug-likeness (QED) is 0.675. The summed E-state index contributed by atoms with van der Waals surface area (Å²) >= 11 is 0. The van der Waals surface area contributed by atoms with Crippen molar-refractivity contribution in [2.24, 2.45) is 5.41 Å². The maximum Gasteiger partial charge on any atom is 0.255 e. The smallest absolute Gasteiger partial charge is 0.255 e. The van der Waals surface area contributed by atoms with E-state index in [0.717, 1.165) is 29.1 Å². The van der Waals surface area contributed by atoms with Gasteiger partial charge in [-0.15, -0.1) is 0 Å². The number of amides is 1. The Morgan fingerprint density at radius 2 is 2.00 bits per heavy atom. The maximum absolute atomic E-state index is 12.8. The first-order chi connectivity index (χ1) is 14.8. The Hall–Kier alpha value is -3.39. The van der Waals surface area contributed by atoms with Gasteiger partial charge in [-0.3, -0.25) is 24.5 Å². The van der Waals surface area contributed by atoms with E-state index in [9.17, 15) is 9.59 Å². The van der Waals surface area contributed by atoms with Crippen LogP contribution in [0.5, 0.6) is 0 Å². The molecule has 1 amide bonds. The second-order valence-corrected chi connectivity index (χ2v) is 8.78. The summed E-state index contributed by atoms with van der Waals surface area (Å²) in [5.74, 6) is 0.497. The zero-order valence-electron chi connectivity index (χ0n) is 18.0. The molecule has 0 spiro atoms. The fourth-order valence-electron chi connectivity index (χ4n) is 3.48. The van der Waals surface area contributed by atoms with E-state index in [1.807, 2.05) is 39.0 Å². The number of hydrogen-bond acceptors (Lipinski definition) is 6. The summed E-state index contributed by atoms with van der Waals surface area (Å²) in [7, 11) is 0. The molecule has 8 nitrogen and oxygen atoms in total. The Balaban J connectivity index is 1.53. The van der Waals surface area contributed by atoms with Crippen molar-refractivity contribution < 1.29 is 4.79 Å². The van der Waals surface area contributed by atoms with Gasteiger partial charge in [-0.1, -0.05) is 20.8 Å². The zero-order chi connectivity index (χ0) is 22.0. The predicted molar refractivity (Wildman–Crippen MR) is 118 cm³/mol. The van der Waals surface area contributed by atoms with Gasteiger partial charge < -0.3 is 10.3 Å². The van der Waals surface area contributed by atoms with Gasteiger partial charge in [-0.25, -0.2) is 4.98 Å². The average Bonchev–Trinajstić information content (AvgIpc) is 2.75. The van der Waals surface area contributed by atoms with E-state index in [1.165, 1.54) is 0 Å². The number of H-pyrrole nitrogens is 1. The van der Waals surface area contributed by atoms with Crippen LogP contribution in [0.1, 0.15) is 37.6 Å². The highest BCUT2D eigenvalue weighted by molar-refractivity contribution is 5.95. The number of carbonyl (C=O) groups excluding carboxylic acids is 1. The van der Waals surface area contributed by atoms with E-state index in [0.29, 0.717) is 30.9 Å². The molecule has 3 aromatic rings. The fourth-order valence-corrected chi connectivity index (χ4v) is 3.48. The minimum atomic E-state index is -0.491. The summed E-state index contributed by atoms with van der Waals surface area (Å²) in [5, 5.41) is 3.00. The van der Waals surface area contributed by atoms with Crippen LogP contribution in [-0.2, 0) is 24.3 Å². The second-order valence-electron chi connectivity index (χ2n) is 8.78. The number of aromatic amines is 1. The second kappa shape index (κ2) is 8.39. The molecule has 0 fully saturated rings. The highest BCUT2D eigenvalue weighted by atomic mass is 16.2. The van der Waals surface area contributed by atoms with Gasteiger partial charge in [-0.05, 0) is 18.2 Å². The number of fused-ring (bicyclic) bond motifs is 1. The molecule has 0 saturated heterocycles. The number of rotatable bonds is 4. The lowest BCUT2D eigenvalue weighted by molar-refractivity contribution is -0.123. The standard InChI is InChI=1S/C23H26N6O2/c1-23(2,3)22(31)27-18-6-9-25-12-16(18)13-29-10-7-19-17(14-29)21(30)28-20(26-19)15-5-4-8-24-11-15/h4-6,8-9,11-12H,7,10,13-14H2,1-3H3,(H,25,27,31)(H,26,28,30). The molecule has 4 rings (SSSR count). The molecule has 0 saturated carbocycles. The van der Waals surface area contributed by atoms with E-state index in [2.05, 4.69) is 30.2 Å². The van der Waals surface area contributed by atoms with E-state index in [1.54, 1.807) is 24.8 Å². The third-order valence-electron chi connectivity index (χ3n) is 5.31. The van der Waals surface area contributed by atoms with Crippen molar-refractivity contribution >= 4 is 11.6 Å². The minimum absolute atomic E-state index is 0.0486. The molecular weight excluding hydrogens is 392 g/mol. The molecule has 2 N–H and O–H groups in total. The number of aromatic nitrogens is 4. The Bertz CT molecular complexity index is 1150. The van der Waals surface area contributed by atoms with Crippen LogP contribution < -0.4 is 10.9 Å². The fraction of sp³-hybridized carbons (Fsp3) is 0.348. The summed E-state index contributed by atoms with van der Waals surface area (Å²) in [6.07, 6.45) is 7.49. The molecule has 4 heterocycles. The van der Waals surface area contributed by atoms with E-state index >= 15 is 0 Å². The van der Waals surface area contributed by atoms with Crippen LogP contribution in [0.15, 0.2) is 47.8 Å². The molecule has 1 aliphatic rings. The van der Waals surface area contributed by atoms with Gasteiger partial charge in [0.05, 0.1) is 11.3 Å². The highest BCUT2D eigenvalue weighted by Crippen LogP contribution is 2.24. The van der Waals surface area contributed by atoms with Gasteiger partial charge >= 0.3 is 0 Å². The third kappa shape index (κ3) is 4.69. The summed E-state index contributed by atoms with van der Waals surface area (Å²) in [5.41, 5.74) is 3.35. The Morgan fingerprint density at radius 1 is 1.19 bits per heavy atom. The molecule has 0 bridgehead atoms. The van der Waals surface area contributed by atoms with Gasteiger partial charge in [-0.2, -0.15) is 0 Å². The minimum Gasteiger partial charge on any atom is -0.325 e. The molecular formula is C23H26N6O2. The lowest BCUT2D eigenvalue weighted by atomic mass is 9.95. The molecule has 3 aromatic heterocycles. The lowest BCUT2D eigenvalue weighted by Gasteiger charge is -2.28. The monoisotopic (exact) mass is 418 g/mol. The van der Waals surface area contributed by atoms with Crippen molar-refractivity contribution in [2.45, 2.75) is 40.3 Å². The molecule has 0 unspecified atom stereocenters. The van der Waals surface area contributed by atoms with Crippen LogP contribution in [-0.4, -0.2) is 37.3 Å². The molecule has 8 heteroatoms. The average molecular weight is 419 g/mol. The van der Waals surface area contributed by atoms with Crippen LogP contribution in [0, 0.1) is 5.41 Å². The summed E-state index contributed by atoms with van der Waals surface area (Å²) in [4.78, 5) is 43.3. The summed E-state index contributed by atoms with van der Waals surface area (Å²) < 4.78 is 0. The SMILES string of the molecule is CC(C)(C)C(=O)Nc1ccncc1CN1CCc2nc(-c3cccnc3)[nH]c(=O)c2C1. The van der Waals surface area contributed by atoms with Crippen molar-refractivity contribution in [3.8, 4) is 11.4 Å². The van der Waals surface area contributed by atoms with Crippen molar-refractivity contribution in [2.75, 3.05) is 11.9 Å². The first kappa shape index (κ1) is 20.9. The van der Waals surface area contributed by atoms with Gasteiger partial charge in [0.25, 0.3) is 5.56 Å². The van der Waals surface area contributed by atoms with Crippen LogP contribution in [0.4, 0.5) is 5.69 Å². The van der Waals surface area contributed by atoms with Crippen LogP contribution in [0.3, 0.4) is 0 Å². The number of pyridine rings is 2. The molecule has 1 aliphatic heterocycles. The maximum atomic E-state index is 12.8. The summed E-state index contributed by atoms with van der Waals surface area (Å²) in [6.45, 7) is 7.47. The van der Waals surface area contributed by atoms with Crippen LogP contribution in [0.25, 0.3) is 11.4 Å². The van der Waals surface area contributed by atoms with Crippen molar-refractivity contribution in [3.05, 3.63) is 70.2 Å². The molecule has 31 heavy (non-hydrogen) atoms. The van der Waals surface area contributed by atoms with E-state index in [4.69, 9.17) is 0 Å². The molecule has 0 atom stereocenters. The topological polar surface area (TPSA) is 104 Å². The first-order valence-electron chi connectivity index (χ1n) is 10.3. The lowest BCUT2D eigenvalue weighted by Crippen LogP contribution is -2.36. The Labute approximate surface area is 180 Å². The first-order valence-corrected chi connectivity index (χ1v) is 10.3. The van der Waals surface area contributed by atoms with Gasteiger partial charge in [0, 0.05) is 73.1 Å². The number of hydrogen-bond donors (Lipinski definition) is 2. The number of carbonyl (C=O) groups is 1. The highest BCUT2D eigenvalue weighted by Gasteiger charge is 2.24. The van der Waals surface area contributed by atoms with Crippen molar-refractivity contribution in [1.29, 1.82) is 0 Å². The van der Waals surface area contributed by atoms with Gasteiger partial charge in [0.15, 0.2) is 0 Å². The molecule has 0 aromatic carbocycles. The number of nitrogens with zero attached hydrogens (tertiary/aromatic N) is 4. The molecule has 0 aliphatic carbocycles. The molecule has 0 radical (unpaired) electrons. The van der Waals surface area contributed by atoms with Crippen molar-refractivity contribution in [1.82, 2.24) is 24.8 Å². The third-order valence-corrected chi connectivity index (χ3v) is 5.31. The Morgan fingerprint density at radius 3 is 2.74 bits per heavy atom. The van der Waals surface area contributed by atoms with E-state index < -0.39 is 5.41 Å². The number of anilines is 1. The molecule has 160 valence electrons. The predicted octanol–water partition coefficient (Wildman–Crippen LogP) is 2.77. The van der Waals surface area contributed by atoms with Gasteiger partial charge in [0.1, 0.15) is 5.82 Å².